The smallest absolute Gasteiger partial charge is 0.252 e. The van der Waals surface area contributed by atoms with E-state index in [4.69, 9.17) is 0 Å². The molecule has 0 radical (unpaired) electrons. The molecule has 2 N–H and O–H groups in total. The van der Waals surface area contributed by atoms with Gasteiger partial charge in [-0.05, 0) is 43.5 Å². The molecule has 0 bridgehead atoms. The van der Waals surface area contributed by atoms with E-state index in [1.165, 1.54) is 0 Å². The molecule has 3 nitrogen and oxygen atoms in total. The van der Waals surface area contributed by atoms with Gasteiger partial charge in [0.1, 0.15) is 0 Å². The van der Waals surface area contributed by atoms with Gasteiger partial charge in [0.15, 0.2) is 0 Å². The number of benzene rings is 1. The number of aryl methyl sites for hydroxylation is 1. The lowest BCUT2D eigenvalue weighted by Gasteiger charge is -2.28. The Morgan fingerprint density at radius 3 is 2.67 bits per heavy atom. The highest BCUT2D eigenvalue weighted by atomic mass is 79.9. The summed E-state index contributed by atoms with van der Waals surface area (Å²) in [5.74, 6) is -0.0871. The van der Waals surface area contributed by atoms with Gasteiger partial charge < -0.3 is 10.4 Å². The van der Waals surface area contributed by atoms with Gasteiger partial charge in [-0.3, -0.25) is 4.79 Å². The number of hydrogen-bond acceptors (Lipinski definition) is 2. The van der Waals surface area contributed by atoms with Gasteiger partial charge in [0.25, 0.3) is 5.91 Å². The molecule has 1 aromatic carbocycles. The molecular formula is C14H18BrNO2. The molecule has 0 spiro atoms. The summed E-state index contributed by atoms with van der Waals surface area (Å²) in [5, 5.41) is 12.5. The third kappa shape index (κ3) is 2.75. The molecule has 1 fully saturated rings. The van der Waals surface area contributed by atoms with Crippen LogP contribution in [0.25, 0.3) is 0 Å². The second kappa shape index (κ2) is 5.41. The van der Waals surface area contributed by atoms with Crippen LogP contribution in [0.1, 0.15) is 41.6 Å². The Morgan fingerprint density at radius 1 is 1.44 bits per heavy atom. The Hall–Kier alpha value is -0.870. The Labute approximate surface area is 116 Å². The Bertz CT molecular complexity index is 453. The molecule has 0 aromatic heterocycles. The summed E-state index contributed by atoms with van der Waals surface area (Å²) >= 11 is 3.39. The van der Waals surface area contributed by atoms with Crippen molar-refractivity contribution in [1.29, 1.82) is 0 Å². The Balaban J connectivity index is 2.16. The zero-order valence-corrected chi connectivity index (χ0v) is 12.1. The van der Waals surface area contributed by atoms with E-state index >= 15 is 0 Å². The first-order chi connectivity index (χ1) is 8.56. The number of halogens is 1. The predicted molar refractivity (Wildman–Crippen MR) is 74.6 cm³/mol. The van der Waals surface area contributed by atoms with Gasteiger partial charge in [-0.15, -0.1) is 0 Å². The molecule has 0 heterocycles. The fraction of sp³-hybridized carbons (Fsp3) is 0.500. The first-order valence-corrected chi connectivity index (χ1v) is 7.05. The average Bonchev–Trinajstić information content (AvgIpc) is 2.78. The number of aliphatic hydroxyl groups is 1. The molecule has 4 heteroatoms. The number of amides is 1. The van der Waals surface area contributed by atoms with Crippen molar-refractivity contribution in [2.24, 2.45) is 0 Å². The average molecular weight is 312 g/mol. The summed E-state index contributed by atoms with van der Waals surface area (Å²) in [5.41, 5.74) is 1.21. The highest BCUT2D eigenvalue weighted by Crippen LogP contribution is 2.29. The van der Waals surface area contributed by atoms with Crippen molar-refractivity contribution in [3.63, 3.8) is 0 Å². The van der Waals surface area contributed by atoms with Gasteiger partial charge in [-0.1, -0.05) is 28.8 Å². The normalized spacial score (nSPS) is 17.7. The van der Waals surface area contributed by atoms with E-state index < -0.39 is 5.54 Å². The van der Waals surface area contributed by atoms with E-state index in [0.29, 0.717) is 5.56 Å². The molecule has 0 unspecified atom stereocenters. The van der Waals surface area contributed by atoms with Gasteiger partial charge in [0.05, 0.1) is 12.1 Å². The third-order valence-corrected chi connectivity index (χ3v) is 4.17. The summed E-state index contributed by atoms with van der Waals surface area (Å²) in [6, 6.07) is 5.60. The molecular weight excluding hydrogens is 294 g/mol. The Morgan fingerprint density at radius 2 is 2.11 bits per heavy atom. The van der Waals surface area contributed by atoms with Crippen LogP contribution in [0.4, 0.5) is 0 Å². The van der Waals surface area contributed by atoms with Crippen LogP contribution >= 0.6 is 15.9 Å². The number of carbonyl (C=O) groups excluding carboxylic acids is 1. The second-order valence-electron chi connectivity index (χ2n) is 5.06. The summed E-state index contributed by atoms with van der Waals surface area (Å²) in [7, 11) is 0. The minimum absolute atomic E-state index is 0.0221. The van der Waals surface area contributed by atoms with E-state index in [9.17, 15) is 9.90 Å². The summed E-state index contributed by atoms with van der Waals surface area (Å²) in [6.07, 6.45) is 3.87. The SMILES string of the molecule is Cc1cc(Br)ccc1C(=O)NC1(CO)CCCC1. The maximum atomic E-state index is 12.3. The quantitative estimate of drug-likeness (QED) is 0.902. The van der Waals surface area contributed by atoms with Crippen LogP contribution in [0, 0.1) is 6.92 Å². The molecule has 18 heavy (non-hydrogen) atoms. The maximum absolute atomic E-state index is 12.3. The largest absolute Gasteiger partial charge is 0.394 e. The van der Waals surface area contributed by atoms with Crippen LogP contribution < -0.4 is 5.32 Å². The summed E-state index contributed by atoms with van der Waals surface area (Å²) in [4.78, 5) is 12.3. The van der Waals surface area contributed by atoms with Crippen LogP contribution in [-0.4, -0.2) is 23.2 Å². The van der Waals surface area contributed by atoms with E-state index in [2.05, 4.69) is 21.2 Å². The van der Waals surface area contributed by atoms with Crippen molar-refractivity contribution in [2.75, 3.05) is 6.61 Å². The molecule has 0 atom stereocenters. The number of nitrogens with one attached hydrogen (secondary N) is 1. The molecule has 1 aliphatic carbocycles. The zero-order chi connectivity index (χ0) is 13.2. The van der Waals surface area contributed by atoms with Crippen LogP contribution in [0.3, 0.4) is 0 Å². The van der Waals surface area contributed by atoms with Gasteiger partial charge in [0.2, 0.25) is 0 Å². The van der Waals surface area contributed by atoms with Gasteiger partial charge in [-0.2, -0.15) is 0 Å². The minimum Gasteiger partial charge on any atom is -0.394 e. The van der Waals surface area contributed by atoms with Crippen molar-refractivity contribution in [3.8, 4) is 0 Å². The van der Waals surface area contributed by atoms with Gasteiger partial charge >= 0.3 is 0 Å². The number of carbonyl (C=O) groups is 1. The first-order valence-electron chi connectivity index (χ1n) is 6.26. The number of rotatable bonds is 3. The highest BCUT2D eigenvalue weighted by molar-refractivity contribution is 9.10. The van der Waals surface area contributed by atoms with Crippen LogP contribution in [0.2, 0.25) is 0 Å². The number of aliphatic hydroxyl groups excluding tert-OH is 1. The van der Waals surface area contributed by atoms with E-state index in [0.717, 1.165) is 35.7 Å². The topological polar surface area (TPSA) is 49.3 Å². The van der Waals surface area contributed by atoms with Crippen molar-refractivity contribution < 1.29 is 9.90 Å². The molecule has 0 aliphatic heterocycles. The molecule has 0 saturated heterocycles. The minimum atomic E-state index is -0.406. The third-order valence-electron chi connectivity index (χ3n) is 3.68. The van der Waals surface area contributed by atoms with E-state index in [-0.39, 0.29) is 12.5 Å². The monoisotopic (exact) mass is 311 g/mol. The molecule has 1 aliphatic rings. The number of hydrogen-bond donors (Lipinski definition) is 2. The molecule has 1 aromatic rings. The van der Waals surface area contributed by atoms with Gasteiger partial charge in [0, 0.05) is 10.0 Å². The van der Waals surface area contributed by atoms with Crippen molar-refractivity contribution in [1.82, 2.24) is 5.32 Å². The molecule has 1 saturated carbocycles. The van der Waals surface area contributed by atoms with E-state index in [1.807, 2.05) is 25.1 Å². The van der Waals surface area contributed by atoms with Crippen molar-refractivity contribution in [3.05, 3.63) is 33.8 Å². The fourth-order valence-electron chi connectivity index (χ4n) is 2.56. The van der Waals surface area contributed by atoms with Crippen molar-refractivity contribution in [2.45, 2.75) is 38.1 Å². The lowest BCUT2D eigenvalue weighted by molar-refractivity contribution is 0.0838. The predicted octanol–water partition coefficient (Wildman–Crippen LogP) is 2.79. The fourth-order valence-corrected chi connectivity index (χ4v) is 3.04. The first kappa shape index (κ1) is 13.6. The Kier molecular flexibility index (Phi) is 4.07. The second-order valence-corrected chi connectivity index (χ2v) is 5.97. The molecule has 1 amide bonds. The maximum Gasteiger partial charge on any atom is 0.252 e. The highest BCUT2D eigenvalue weighted by Gasteiger charge is 2.34. The lowest BCUT2D eigenvalue weighted by atomic mass is 9.97. The van der Waals surface area contributed by atoms with Crippen LogP contribution in [-0.2, 0) is 0 Å². The summed E-state index contributed by atoms with van der Waals surface area (Å²) in [6.45, 7) is 1.94. The van der Waals surface area contributed by atoms with Crippen LogP contribution in [0.5, 0.6) is 0 Å². The molecule has 2 rings (SSSR count). The van der Waals surface area contributed by atoms with Gasteiger partial charge in [-0.25, -0.2) is 0 Å². The standard InChI is InChI=1S/C14H18BrNO2/c1-10-8-11(15)4-5-12(10)13(18)16-14(9-17)6-2-3-7-14/h4-5,8,17H,2-3,6-7,9H2,1H3,(H,16,18). The van der Waals surface area contributed by atoms with Crippen LogP contribution in [0.15, 0.2) is 22.7 Å². The van der Waals surface area contributed by atoms with E-state index in [1.54, 1.807) is 0 Å². The zero-order valence-electron chi connectivity index (χ0n) is 10.5. The van der Waals surface area contributed by atoms with Crippen molar-refractivity contribution >= 4 is 21.8 Å². The lowest BCUT2D eigenvalue weighted by Crippen LogP contribution is -2.49. The summed E-state index contributed by atoms with van der Waals surface area (Å²) < 4.78 is 0.967. The molecule has 98 valence electrons.